The minimum atomic E-state index is -4.06. The molecule has 5 rings (SSSR count). The Bertz CT molecular complexity index is 1380. The number of ether oxygens (including phenoxy) is 1. The number of benzene rings is 3. The standard InChI is InChI=1S/C25H24N4O5S/c1-18-8-11-21(12-9-18)35(31,32)28-15-24(30)29(34-16-19-6-4-3-5-7-19)25-22-14-20(33-2)10-13-23(22)26-17-27(25)28/h3-14,17,25H,15-16H2,1-2H3. The second-order valence-corrected chi connectivity index (χ2v) is 10.0. The summed E-state index contributed by atoms with van der Waals surface area (Å²) in [6, 6.07) is 21.2. The van der Waals surface area contributed by atoms with Crippen molar-refractivity contribution in [1.29, 1.82) is 0 Å². The second kappa shape index (κ2) is 9.14. The van der Waals surface area contributed by atoms with Crippen molar-refractivity contribution in [3.8, 4) is 5.75 Å². The molecule has 1 unspecified atom stereocenters. The fourth-order valence-corrected chi connectivity index (χ4v) is 5.41. The van der Waals surface area contributed by atoms with E-state index in [0.717, 1.165) is 15.5 Å². The monoisotopic (exact) mass is 492 g/mol. The molecule has 9 nitrogen and oxygen atoms in total. The van der Waals surface area contributed by atoms with Crippen LogP contribution in [-0.2, 0) is 26.3 Å². The van der Waals surface area contributed by atoms with Crippen molar-refractivity contribution in [1.82, 2.24) is 14.5 Å². The summed E-state index contributed by atoms with van der Waals surface area (Å²) in [5, 5.41) is 2.64. The summed E-state index contributed by atoms with van der Waals surface area (Å²) in [5.74, 6) is 0.0525. The Balaban J connectivity index is 1.56. The smallest absolute Gasteiger partial charge is 0.265 e. The zero-order chi connectivity index (χ0) is 24.6. The Morgan fingerprint density at radius 3 is 2.49 bits per heavy atom. The van der Waals surface area contributed by atoms with Crippen LogP contribution in [-0.4, -0.2) is 48.8 Å². The van der Waals surface area contributed by atoms with Crippen molar-refractivity contribution in [2.75, 3.05) is 13.7 Å². The lowest BCUT2D eigenvalue weighted by atomic mass is 10.1. The molecule has 0 bridgehead atoms. The van der Waals surface area contributed by atoms with Crippen molar-refractivity contribution in [2.45, 2.75) is 24.6 Å². The van der Waals surface area contributed by atoms with Gasteiger partial charge in [-0.25, -0.2) is 13.4 Å². The number of amides is 1. The number of fused-ring (bicyclic) bond motifs is 3. The largest absolute Gasteiger partial charge is 0.497 e. The van der Waals surface area contributed by atoms with Crippen LogP contribution in [0.1, 0.15) is 22.9 Å². The average Bonchev–Trinajstić information content (AvgIpc) is 2.88. The molecule has 10 heteroatoms. The number of carbonyl (C=O) groups excluding carboxylic acids is 1. The van der Waals surface area contributed by atoms with E-state index in [0.29, 0.717) is 17.0 Å². The van der Waals surface area contributed by atoms with Crippen molar-refractivity contribution in [3.05, 3.63) is 89.5 Å². The van der Waals surface area contributed by atoms with Gasteiger partial charge < -0.3 is 4.74 Å². The molecule has 2 aliphatic rings. The lowest BCUT2D eigenvalue weighted by Gasteiger charge is -2.48. The topological polar surface area (TPSA) is 91.8 Å². The van der Waals surface area contributed by atoms with E-state index in [1.807, 2.05) is 37.3 Å². The first kappa shape index (κ1) is 23.0. The Morgan fingerprint density at radius 2 is 1.77 bits per heavy atom. The number of hydrogen-bond donors (Lipinski definition) is 0. The van der Waals surface area contributed by atoms with Gasteiger partial charge in [-0.2, -0.15) is 5.06 Å². The molecule has 0 radical (unpaired) electrons. The summed E-state index contributed by atoms with van der Waals surface area (Å²) in [4.78, 5) is 23.9. The maximum atomic E-state index is 13.6. The van der Waals surface area contributed by atoms with Crippen LogP contribution in [0.15, 0.2) is 82.7 Å². The molecule has 180 valence electrons. The van der Waals surface area contributed by atoms with Gasteiger partial charge in [0.05, 0.1) is 17.7 Å². The Labute approximate surface area is 203 Å². The van der Waals surface area contributed by atoms with Gasteiger partial charge >= 0.3 is 0 Å². The third-order valence-electron chi connectivity index (χ3n) is 5.88. The predicted octanol–water partition coefficient (Wildman–Crippen LogP) is 3.56. The maximum absolute atomic E-state index is 13.6. The molecule has 0 N–H and O–H groups in total. The molecule has 3 aromatic rings. The molecule has 1 amide bonds. The molecular formula is C25H24N4O5S. The first-order chi connectivity index (χ1) is 16.9. The molecule has 1 atom stereocenters. The number of rotatable bonds is 6. The molecular weight excluding hydrogens is 468 g/mol. The van der Waals surface area contributed by atoms with E-state index in [1.165, 1.54) is 35.7 Å². The van der Waals surface area contributed by atoms with Crippen LogP contribution < -0.4 is 4.74 Å². The summed E-state index contributed by atoms with van der Waals surface area (Å²) < 4.78 is 33.6. The normalized spacial score (nSPS) is 17.8. The number of hydrazine groups is 1. The highest BCUT2D eigenvalue weighted by atomic mass is 32.2. The summed E-state index contributed by atoms with van der Waals surface area (Å²) >= 11 is 0. The van der Waals surface area contributed by atoms with Gasteiger partial charge in [0.1, 0.15) is 25.2 Å². The van der Waals surface area contributed by atoms with Crippen LogP contribution in [0.25, 0.3) is 0 Å². The minimum absolute atomic E-state index is 0.0816. The van der Waals surface area contributed by atoms with Crippen LogP contribution in [0.2, 0.25) is 0 Å². The lowest BCUT2D eigenvalue weighted by molar-refractivity contribution is -0.248. The summed E-state index contributed by atoms with van der Waals surface area (Å²) in [6.45, 7) is 1.57. The highest BCUT2D eigenvalue weighted by molar-refractivity contribution is 7.89. The molecule has 0 saturated carbocycles. The van der Waals surface area contributed by atoms with Crippen LogP contribution >= 0.6 is 0 Å². The van der Waals surface area contributed by atoms with E-state index in [4.69, 9.17) is 9.57 Å². The Kier molecular flexibility index (Phi) is 6.01. The minimum Gasteiger partial charge on any atom is -0.497 e. The van der Waals surface area contributed by atoms with Crippen LogP contribution in [0, 0.1) is 6.92 Å². The molecule has 2 heterocycles. The third-order valence-corrected chi connectivity index (χ3v) is 7.62. The Morgan fingerprint density at radius 1 is 1.03 bits per heavy atom. The first-order valence-corrected chi connectivity index (χ1v) is 12.4. The van der Waals surface area contributed by atoms with Crippen molar-refractivity contribution in [2.24, 2.45) is 4.99 Å². The first-order valence-electron chi connectivity index (χ1n) is 11.0. The molecule has 1 fully saturated rings. The fraction of sp³-hybridized carbons (Fsp3) is 0.200. The quantitative estimate of drug-likeness (QED) is 0.523. The SMILES string of the molecule is COc1ccc2c(c1)C1N(OCc3ccccc3)C(=O)CN(S(=O)(=O)c3ccc(C)cc3)N1C=N2. The van der Waals surface area contributed by atoms with Gasteiger partial charge in [-0.15, -0.1) is 0 Å². The van der Waals surface area contributed by atoms with Gasteiger partial charge in [0.2, 0.25) is 0 Å². The van der Waals surface area contributed by atoms with E-state index in [-0.39, 0.29) is 11.5 Å². The maximum Gasteiger partial charge on any atom is 0.265 e. The average molecular weight is 493 g/mol. The number of nitrogens with zero attached hydrogens (tertiary/aromatic N) is 4. The summed E-state index contributed by atoms with van der Waals surface area (Å²) in [5.41, 5.74) is 2.97. The predicted molar refractivity (Wildman–Crippen MR) is 129 cm³/mol. The highest BCUT2D eigenvalue weighted by Crippen LogP contribution is 2.42. The number of aryl methyl sites for hydroxylation is 1. The van der Waals surface area contributed by atoms with E-state index >= 15 is 0 Å². The number of hydroxylamine groups is 2. The van der Waals surface area contributed by atoms with Gasteiger partial charge in [0, 0.05) is 5.56 Å². The number of carbonyl (C=O) groups is 1. The highest BCUT2D eigenvalue weighted by Gasteiger charge is 2.47. The zero-order valence-corrected chi connectivity index (χ0v) is 20.1. The van der Waals surface area contributed by atoms with E-state index in [1.54, 1.807) is 30.3 Å². The summed E-state index contributed by atoms with van der Waals surface area (Å²) in [6.07, 6.45) is 0.513. The van der Waals surface area contributed by atoms with E-state index < -0.39 is 28.6 Å². The Hall–Kier alpha value is -3.73. The number of aliphatic imine (C=N–C) groups is 1. The van der Waals surface area contributed by atoms with Gasteiger partial charge in [0.25, 0.3) is 15.9 Å². The fourth-order valence-electron chi connectivity index (χ4n) is 4.03. The van der Waals surface area contributed by atoms with Crippen molar-refractivity contribution >= 4 is 28.0 Å². The molecule has 1 saturated heterocycles. The van der Waals surface area contributed by atoms with Gasteiger partial charge in [-0.05, 0) is 42.8 Å². The molecule has 35 heavy (non-hydrogen) atoms. The van der Waals surface area contributed by atoms with Crippen LogP contribution in [0.3, 0.4) is 0 Å². The lowest BCUT2D eigenvalue weighted by Crippen LogP contribution is -2.62. The molecule has 2 aliphatic heterocycles. The molecule has 3 aromatic carbocycles. The van der Waals surface area contributed by atoms with Gasteiger partial charge in [-0.1, -0.05) is 52.4 Å². The van der Waals surface area contributed by atoms with E-state index in [9.17, 15) is 13.2 Å². The van der Waals surface area contributed by atoms with Gasteiger partial charge in [-0.3, -0.25) is 14.6 Å². The van der Waals surface area contributed by atoms with Crippen molar-refractivity contribution < 1.29 is 22.8 Å². The van der Waals surface area contributed by atoms with Gasteiger partial charge in [0.15, 0.2) is 6.17 Å². The molecule has 0 aromatic heterocycles. The van der Waals surface area contributed by atoms with E-state index in [2.05, 4.69) is 4.99 Å². The second-order valence-electron chi connectivity index (χ2n) is 8.20. The van der Waals surface area contributed by atoms with Crippen LogP contribution in [0.4, 0.5) is 5.69 Å². The third kappa shape index (κ3) is 4.27. The number of sulfonamides is 1. The zero-order valence-electron chi connectivity index (χ0n) is 19.2. The summed E-state index contributed by atoms with van der Waals surface area (Å²) in [7, 11) is -2.52. The molecule has 0 spiro atoms. The number of methoxy groups -OCH3 is 1. The molecule has 0 aliphatic carbocycles. The number of hydrogen-bond acceptors (Lipinski definition) is 7. The van der Waals surface area contributed by atoms with Crippen molar-refractivity contribution in [3.63, 3.8) is 0 Å². The van der Waals surface area contributed by atoms with Crippen LogP contribution in [0.5, 0.6) is 5.75 Å².